The number of rotatable bonds is 4. The Morgan fingerprint density at radius 2 is 2.42 bits per heavy atom. The van der Waals surface area contributed by atoms with Gasteiger partial charge in [0, 0.05) is 40.1 Å². The summed E-state index contributed by atoms with van der Waals surface area (Å²) in [6.45, 7) is 2.85. The number of nitrogens with one attached hydrogen (secondary N) is 1. The van der Waals surface area contributed by atoms with E-state index in [4.69, 9.17) is 5.73 Å². The third-order valence-electron chi connectivity index (χ3n) is 4.44. The first-order valence-electron chi connectivity index (χ1n) is 8.30. The number of hydrogen-bond acceptors (Lipinski definition) is 4. The minimum absolute atomic E-state index is 0.307. The molecular formula is C18H21N5S. The lowest BCUT2D eigenvalue weighted by molar-refractivity contribution is 0.461. The van der Waals surface area contributed by atoms with Crippen LogP contribution in [0.4, 0.5) is 0 Å². The largest absolute Gasteiger partial charge is 0.383 e. The van der Waals surface area contributed by atoms with Gasteiger partial charge < -0.3 is 15.6 Å². The predicted molar refractivity (Wildman–Crippen MR) is 99.8 cm³/mol. The van der Waals surface area contributed by atoms with Gasteiger partial charge in [0.2, 0.25) is 0 Å². The van der Waals surface area contributed by atoms with E-state index in [9.17, 15) is 0 Å². The zero-order valence-corrected chi connectivity index (χ0v) is 14.3. The molecule has 0 amide bonds. The maximum Gasteiger partial charge on any atom is 0.126 e. The molecule has 0 spiro atoms. The Morgan fingerprint density at radius 3 is 3.29 bits per heavy atom. The number of pyridine rings is 1. The molecule has 0 bridgehead atoms. The Bertz CT molecular complexity index is 857. The number of nitrogens with zero attached hydrogens (tertiary/aromatic N) is 3. The molecule has 5 nitrogen and oxygen atoms in total. The molecule has 0 radical (unpaired) electrons. The normalized spacial score (nSPS) is 19.0. The molecule has 0 aliphatic carbocycles. The average molecular weight is 339 g/mol. The van der Waals surface area contributed by atoms with Crippen LogP contribution in [0.5, 0.6) is 0 Å². The molecule has 3 aromatic heterocycles. The predicted octanol–water partition coefficient (Wildman–Crippen LogP) is 2.60. The van der Waals surface area contributed by atoms with Gasteiger partial charge in [0.1, 0.15) is 5.84 Å². The lowest BCUT2D eigenvalue weighted by atomic mass is 10.1. The molecule has 1 atom stereocenters. The number of piperidine rings is 1. The van der Waals surface area contributed by atoms with Crippen molar-refractivity contribution < 1.29 is 0 Å². The number of aliphatic imine (C=N–C) groups is 1. The Kier molecular flexibility index (Phi) is 4.32. The van der Waals surface area contributed by atoms with Crippen LogP contribution in [0.25, 0.3) is 10.9 Å². The van der Waals surface area contributed by atoms with Gasteiger partial charge in [-0.05, 0) is 37.6 Å². The van der Waals surface area contributed by atoms with Gasteiger partial charge in [-0.1, -0.05) is 0 Å². The highest BCUT2D eigenvalue weighted by atomic mass is 32.1. The fraction of sp³-hybridized carbons (Fsp3) is 0.333. The summed E-state index contributed by atoms with van der Waals surface area (Å²) >= 11 is 1.73. The number of nitrogens with two attached hydrogens (primary N) is 1. The van der Waals surface area contributed by atoms with E-state index in [1.165, 1.54) is 16.7 Å². The smallest absolute Gasteiger partial charge is 0.126 e. The molecule has 0 saturated carbocycles. The van der Waals surface area contributed by atoms with Crippen molar-refractivity contribution in [3.63, 3.8) is 0 Å². The summed E-state index contributed by atoms with van der Waals surface area (Å²) < 4.78 is 2.22. The second-order valence-electron chi connectivity index (χ2n) is 6.19. The van der Waals surface area contributed by atoms with Crippen LogP contribution in [0.1, 0.15) is 23.3 Å². The van der Waals surface area contributed by atoms with Gasteiger partial charge in [0.25, 0.3) is 0 Å². The van der Waals surface area contributed by atoms with E-state index in [1.807, 2.05) is 18.5 Å². The fourth-order valence-corrected chi connectivity index (χ4v) is 4.02. The molecule has 1 aliphatic rings. The van der Waals surface area contributed by atoms with E-state index in [2.05, 4.69) is 43.6 Å². The quantitative estimate of drug-likeness (QED) is 0.567. The summed E-state index contributed by atoms with van der Waals surface area (Å²) in [5.74, 6) is 0.658. The highest BCUT2D eigenvalue weighted by Crippen LogP contribution is 2.20. The summed E-state index contributed by atoms with van der Waals surface area (Å²) in [5, 5.41) is 6.70. The van der Waals surface area contributed by atoms with Crippen LogP contribution in [0, 0.1) is 0 Å². The zero-order valence-electron chi connectivity index (χ0n) is 13.5. The van der Waals surface area contributed by atoms with E-state index >= 15 is 0 Å². The van der Waals surface area contributed by atoms with Gasteiger partial charge >= 0.3 is 0 Å². The molecule has 124 valence electrons. The minimum Gasteiger partial charge on any atom is -0.383 e. The van der Waals surface area contributed by atoms with Crippen molar-refractivity contribution in [3.05, 3.63) is 52.6 Å². The van der Waals surface area contributed by atoms with Crippen LogP contribution in [0.3, 0.4) is 0 Å². The molecule has 6 heteroatoms. The first-order valence-corrected chi connectivity index (χ1v) is 9.18. The van der Waals surface area contributed by atoms with Crippen LogP contribution in [0.15, 0.2) is 47.2 Å². The number of aromatic nitrogens is 2. The van der Waals surface area contributed by atoms with Gasteiger partial charge in [-0.2, -0.15) is 0 Å². The lowest BCUT2D eigenvalue weighted by Crippen LogP contribution is -2.34. The minimum atomic E-state index is 0.307. The van der Waals surface area contributed by atoms with Crippen LogP contribution < -0.4 is 11.1 Å². The van der Waals surface area contributed by atoms with E-state index in [0.29, 0.717) is 11.9 Å². The van der Waals surface area contributed by atoms with Crippen LogP contribution in [0.2, 0.25) is 0 Å². The zero-order chi connectivity index (χ0) is 16.4. The highest BCUT2D eigenvalue weighted by Gasteiger charge is 2.13. The number of hydrogen-bond donors (Lipinski definition) is 2. The van der Waals surface area contributed by atoms with Crippen LogP contribution in [-0.2, 0) is 6.54 Å². The molecule has 1 fully saturated rings. The Labute approximate surface area is 145 Å². The van der Waals surface area contributed by atoms with Gasteiger partial charge in [-0.3, -0.25) is 9.98 Å². The molecule has 0 aromatic carbocycles. The Balaban J connectivity index is 1.51. The first-order chi connectivity index (χ1) is 11.8. The highest BCUT2D eigenvalue weighted by molar-refractivity contribution is 7.10. The van der Waals surface area contributed by atoms with E-state index in [1.54, 1.807) is 11.3 Å². The molecule has 3 aromatic rings. The molecule has 4 rings (SSSR count). The van der Waals surface area contributed by atoms with Crippen LogP contribution in [-0.4, -0.2) is 34.5 Å². The van der Waals surface area contributed by atoms with E-state index in [-0.39, 0.29) is 0 Å². The first kappa shape index (κ1) is 15.4. The summed E-state index contributed by atoms with van der Waals surface area (Å²) in [6, 6.07) is 6.62. The second kappa shape index (κ2) is 6.75. The van der Waals surface area contributed by atoms with Crippen molar-refractivity contribution >= 4 is 28.1 Å². The van der Waals surface area contributed by atoms with Crippen molar-refractivity contribution in [2.75, 3.05) is 13.1 Å². The summed E-state index contributed by atoms with van der Waals surface area (Å²) in [5.41, 5.74) is 8.41. The molecule has 3 N–H and O–H groups in total. The fourth-order valence-electron chi connectivity index (χ4n) is 3.15. The van der Waals surface area contributed by atoms with Gasteiger partial charge in [0.15, 0.2) is 0 Å². The van der Waals surface area contributed by atoms with Crippen molar-refractivity contribution in [2.24, 2.45) is 10.7 Å². The maximum absolute atomic E-state index is 6.22. The van der Waals surface area contributed by atoms with Gasteiger partial charge in [0.05, 0.1) is 24.3 Å². The molecule has 1 aliphatic heterocycles. The van der Waals surface area contributed by atoms with Crippen molar-refractivity contribution in [1.82, 2.24) is 14.9 Å². The SMILES string of the molecule is NC(=NC1CCCNC1)c1csc(Cn2ccc3ccncc32)c1. The third-order valence-corrected chi connectivity index (χ3v) is 5.37. The van der Waals surface area contributed by atoms with Crippen LogP contribution >= 0.6 is 11.3 Å². The standard InChI is InChI=1S/C18H21N5S/c19-18(22-15-2-1-5-20-9-15)14-8-16(24-12-14)11-23-7-4-13-3-6-21-10-17(13)23/h3-4,6-8,10,12,15,20H,1-2,5,9,11H2,(H2,19,22). The van der Waals surface area contributed by atoms with Crippen molar-refractivity contribution in [2.45, 2.75) is 25.4 Å². The van der Waals surface area contributed by atoms with E-state index in [0.717, 1.165) is 37.1 Å². The molecular weight excluding hydrogens is 318 g/mol. The summed E-state index contributed by atoms with van der Waals surface area (Å²) in [6.07, 6.45) is 8.14. The van der Waals surface area contributed by atoms with Crippen molar-refractivity contribution in [3.8, 4) is 0 Å². The van der Waals surface area contributed by atoms with Crippen molar-refractivity contribution in [1.29, 1.82) is 0 Å². The number of amidine groups is 1. The lowest BCUT2D eigenvalue weighted by Gasteiger charge is -2.19. The summed E-state index contributed by atoms with van der Waals surface area (Å²) in [7, 11) is 0. The number of fused-ring (bicyclic) bond motifs is 1. The van der Waals surface area contributed by atoms with E-state index < -0.39 is 0 Å². The topological polar surface area (TPSA) is 68.2 Å². The monoisotopic (exact) mass is 339 g/mol. The van der Waals surface area contributed by atoms with Gasteiger partial charge in [-0.15, -0.1) is 11.3 Å². The maximum atomic E-state index is 6.22. The summed E-state index contributed by atoms with van der Waals surface area (Å²) in [4.78, 5) is 10.2. The molecule has 4 heterocycles. The third kappa shape index (κ3) is 3.20. The Morgan fingerprint density at radius 1 is 1.46 bits per heavy atom. The molecule has 1 unspecified atom stereocenters. The number of thiophene rings is 1. The second-order valence-corrected chi connectivity index (χ2v) is 7.19. The van der Waals surface area contributed by atoms with Gasteiger partial charge in [-0.25, -0.2) is 0 Å². The molecule has 1 saturated heterocycles. The molecule has 24 heavy (non-hydrogen) atoms. The Hall–Kier alpha value is -2.18. The average Bonchev–Trinajstić information content (AvgIpc) is 3.24.